The summed E-state index contributed by atoms with van der Waals surface area (Å²) in [5, 5.41) is 2.49. The fourth-order valence-corrected chi connectivity index (χ4v) is 2.51. The van der Waals surface area contributed by atoms with Gasteiger partial charge in [-0.25, -0.2) is 14.4 Å². The van der Waals surface area contributed by atoms with Gasteiger partial charge in [-0.1, -0.05) is 43.5 Å². The van der Waals surface area contributed by atoms with Crippen LogP contribution in [0.4, 0.5) is 4.79 Å². The van der Waals surface area contributed by atoms with E-state index in [1.165, 1.54) is 0 Å². The van der Waals surface area contributed by atoms with Crippen LogP contribution in [0.2, 0.25) is 0 Å². The van der Waals surface area contributed by atoms with Crippen molar-refractivity contribution in [3.8, 4) is 11.5 Å². The van der Waals surface area contributed by atoms with Crippen molar-refractivity contribution in [3.05, 3.63) is 85.5 Å². The number of para-hydroxylation sites is 1. The Labute approximate surface area is 197 Å². The summed E-state index contributed by atoms with van der Waals surface area (Å²) in [6.45, 7) is 6.80. The van der Waals surface area contributed by atoms with Gasteiger partial charge in [0.2, 0.25) is 0 Å². The van der Waals surface area contributed by atoms with Crippen LogP contribution in [-0.4, -0.2) is 50.5 Å². The average molecular weight is 469 g/mol. The molecule has 0 spiro atoms. The average Bonchev–Trinajstić information content (AvgIpc) is 2.87. The third kappa shape index (κ3) is 10.4. The van der Waals surface area contributed by atoms with Crippen LogP contribution < -0.4 is 14.8 Å². The predicted molar refractivity (Wildman–Crippen MR) is 123 cm³/mol. The number of carbonyl (C=O) groups is 3. The number of carbonyl (C=O) groups excluding carboxylic acids is 3. The number of hydrogen-bond donors (Lipinski definition) is 1. The molecule has 0 aromatic heterocycles. The van der Waals surface area contributed by atoms with Crippen LogP contribution in [0.15, 0.2) is 79.9 Å². The monoisotopic (exact) mass is 469 g/mol. The molecule has 0 fully saturated rings. The third-order valence-electron chi connectivity index (χ3n) is 4.12. The molecule has 1 atom stereocenters. The number of benzene rings is 2. The summed E-state index contributed by atoms with van der Waals surface area (Å²) in [6.07, 6.45) is 0.650. The Morgan fingerprint density at radius 2 is 1.50 bits per heavy atom. The topological polar surface area (TPSA) is 109 Å². The SMILES string of the molecule is C=CC(=O)OCCNC(=O)OC(COc1ccccc1)COc1cccc(COC(=O)C=C)c1. The first-order valence-corrected chi connectivity index (χ1v) is 10.4. The highest BCUT2D eigenvalue weighted by Gasteiger charge is 2.17. The number of alkyl carbamates (subject to hydrolysis) is 1. The minimum atomic E-state index is -0.752. The molecule has 2 aromatic rings. The second-order valence-corrected chi connectivity index (χ2v) is 6.72. The molecule has 9 nitrogen and oxygen atoms in total. The molecule has 34 heavy (non-hydrogen) atoms. The van der Waals surface area contributed by atoms with Gasteiger partial charge in [0.1, 0.15) is 37.9 Å². The smallest absolute Gasteiger partial charge is 0.407 e. The van der Waals surface area contributed by atoms with E-state index in [2.05, 4.69) is 18.5 Å². The number of hydrogen-bond acceptors (Lipinski definition) is 8. The lowest BCUT2D eigenvalue weighted by Crippen LogP contribution is -2.37. The first-order chi connectivity index (χ1) is 16.5. The normalized spacial score (nSPS) is 10.8. The predicted octanol–water partition coefficient (Wildman–Crippen LogP) is 3.20. The van der Waals surface area contributed by atoms with E-state index in [1.54, 1.807) is 36.4 Å². The van der Waals surface area contributed by atoms with Crippen LogP contribution in [0, 0.1) is 0 Å². The van der Waals surface area contributed by atoms with Crippen molar-refractivity contribution >= 4 is 18.0 Å². The van der Waals surface area contributed by atoms with Gasteiger partial charge in [-0.05, 0) is 29.8 Å². The number of rotatable bonds is 14. The Hall–Kier alpha value is -4.27. The maximum atomic E-state index is 12.2. The molecule has 0 aliphatic rings. The number of amides is 1. The van der Waals surface area contributed by atoms with Gasteiger partial charge in [0.05, 0.1) is 6.54 Å². The molecule has 2 rings (SSSR count). The number of nitrogens with one attached hydrogen (secondary N) is 1. The lowest BCUT2D eigenvalue weighted by molar-refractivity contribution is -0.139. The fourth-order valence-electron chi connectivity index (χ4n) is 2.51. The van der Waals surface area contributed by atoms with Crippen molar-refractivity contribution in [2.24, 2.45) is 0 Å². The van der Waals surface area contributed by atoms with Gasteiger partial charge >= 0.3 is 18.0 Å². The van der Waals surface area contributed by atoms with E-state index in [-0.39, 0.29) is 33.0 Å². The highest BCUT2D eigenvalue weighted by atomic mass is 16.6. The Morgan fingerprint density at radius 1 is 0.853 bits per heavy atom. The molecule has 1 N–H and O–H groups in total. The Balaban J connectivity index is 1.91. The van der Waals surface area contributed by atoms with E-state index in [1.807, 2.05) is 18.2 Å². The van der Waals surface area contributed by atoms with Crippen LogP contribution in [0.3, 0.4) is 0 Å². The van der Waals surface area contributed by atoms with Crippen molar-refractivity contribution in [2.45, 2.75) is 12.7 Å². The van der Waals surface area contributed by atoms with Gasteiger partial charge in [0, 0.05) is 12.2 Å². The second-order valence-electron chi connectivity index (χ2n) is 6.72. The fraction of sp³-hybridized carbons (Fsp3) is 0.240. The van der Waals surface area contributed by atoms with Crippen LogP contribution >= 0.6 is 0 Å². The lowest BCUT2D eigenvalue weighted by Gasteiger charge is -2.19. The van der Waals surface area contributed by atoms with Gasteiger partial charge in [-0.3, -0.25) is 0 Å². The highest BCUT2D eigenvalue weighted by Crippen LogP contribution is 2.16. The maximum absolute atomic E-state index is 12.2. The minimum absolute atomic E-state index is 0.00159. The molecule has 9 heteroatoms. The summed E-state index contributed by atoms with van der Waals surface area (Å²) >= 11 is 0. The van der Waals surface area contributed by atoms with Gasteiger partial charge in [-0.2, -0.15) is 0 Å². The molecule has 0 bridgehead atoms. The molecule has 2 aromatic carbocycles. The van der Waals surface area contributed by atoms with Gasteiger partial charge in [0.25, 0.3) is 0 Å². The molecular formula is C25H27NO8. The number of esters is 2. The molecular weight excluding hydrogens is 442 g/mol. The van der Waals surface area contributed by atoms with Gasteiger partial charge in [0.15, 0.2) is 6.10 Å². The zero-order valence-electron chi connectivity index (χ0n) is 18.6. The van der Waals surface area contributed by atoms with Crippen molar-refractivity contribution in [2.75, 3.05) is 26.4 Å². The molecule has 0 aliphatic carbocycles. The highest BCUT2D eigenvalue weighted by molar-refractivity contribution is 5.81. The molecule has 0 saturated carbocycles. The summed E-state index contributed by atoms with van der Waals surface area (Å²) < 4.78 is 26.7. The molecule has 0 radical (unpaired) electrons. The summed E-state index contributed by atoms with van der Waals surface area (Å²) in [7, 11) is 0. The van der Waals surface area contributed by atoms with E-state index in [0.717, 1.165) is 17.7 Å². The maximum Gasteiger partial charge on any atom is 0.407 e. The molecule has 0 saturated heterocycles. The zero-order chi connectivity index (χ0) is 24.6. The Morgan fingerprint density at radius 3 is 2.21 bits per heavy atom. The lowest BCUT2D eigenvalue weighted by atomic mass is 10.2. The van der Waals surface area contributed by atoms with E-state index < -0.39 is 24.1 Å². The second kappa shape index (κ2) is 14.7. The molecule has 0 heterocycles. The minimum Gasteiger partial charge on any atom is -0.490 e. The van der Waals surface area contributed by atoms with Crippen molar-refractivity contribution < 1.29 is 38.1 Å². The Kier molecular flexibility index (Phi) is 11.3. The van der Waals surface area contributed by atoms with Crippen molar-refractivity contribution in [1.29, 1.82) is 0 Å². The summed E-state index contributed by atoms with van der Waals surface area (Å²) in [6, 6.07) is 16.0. The quantitative estimate of drug-likeness (QED) is 0.194. The summed E-state index contributed by atoms with van der Waals surface area (Å²) in [5.74, 6) is -0.00148. The van der Waals surface area contributed by atoms with Gasteiger partial charge in [-0.15, -0.1) is 0 Å². The standard InChI is InChI=1S/C25H27NO8/c1-3-23(27)30-14-13-26-25(29)34-22(17-31-20-10-6-5-7-11-20)18-32-21-12-8-9-19(15-21)16-33-24(28)4-2/h3-12,15,22H,1-2,13-14,16-18H2,(H,26,29). The van der Waals surface area contributed by atoms with Crippen LogP contribution in [0.25, 0.3) is 0 Å². The van der Waals surface area contributed by atoms with Crippen LogP contribution in [0.1, 0.15) is 5.56 Å². The van der Waals surface area contributed by atoms with E-state index in [9.17, 15) is 14.4 Å². The zero-order valence-corrected chi connectivity index (χ0v) is 18.6. The van der Waals surface area contributed by atoms with E-state index in [4.69, 9.17) is 23.7 Å². The summed E-state index contributed by atoms with van der Waals surface area (Å²) in [5.41, 5.74) is 0.720. The summed E-state index contributed by atoms with van der Waals surface area (Å²) in [4.78, 5) is 34.5. The van der Waals surface area contributed by atoms with Gasteiger partial charge < -0.3 is 29.0 Å². The van der Waals surface area contributed by atoms with Crippen LogP contribution in [0.5, 0.6) is 11.5 Å². The van der Waals surface area contributed by atoms with Crippen molar-refractivity contribution in [3.63, 3.8) is 0 Å². The first-order valence-electron chi connectivity index (χ1n) is 10.4. The molecule has 1 unspecified atom stereocenters. The molecule has 1 amide bonds. The number of ether oxygens (including phenoxy) is 5. The van der Waals surface area contributed by atoms with E-state index in [0.29, 0.717) is 11.5 Å². The van der Waals surface area contributed by atoms with E-state index >= 15 is 0 Å². The Bertz CT molecular complexity index is 960. The first kappa shape index (κ1) is 26.0. The third-order valence-corrected chi connectivity index (χ3v) is 4.12. The van der Waals surface area contributed by atoms with Crippen LogP contribution in [-0.2, 0) is 30.4 Å². The largest absolute Gasteiger partial charge is 0.490 e. The molecule has 0 aliphatic heterocycles. The van der Waals surface area contributed by atoms with Crippen molar-refractivity contribution in [1.82, 2.24) is 5.32 Å². The molecule has 180 valence electrons.